The van der Waals surface area contributed by atoms with E-state index in [9.17, 15) is 10.4 Å². The van der Waals surface area contributed by atoms with Crippen LogP contribution in [0.5, 0.6) is 0 Å². The number of aliphatic hydroxyl groups excluding tert-OH is 1. The van der Waals surface area contributed by atoms with Crippen LogP contribution in [0.1, 0.15) is 29.5 Å². The smallest absolute Gasteiger partial charge is 0.101 e. The number of aliphatic hydroxyl groups is 1. The summed E-state index contributed by atoms with van der Waals surface area (Å²) in [6.07, 6.45) is 1.32. The third kappa shape index (κ3) is 3.69. The maximum absolute atomic E-state index is 9.64. The molecule has 1 saturated heterocycles. The fourth-order valence-corrected chi connectivity index (χ4v) is 3.12. The van der Waals surface area contributed by atoms with Gasteiger partial charge in [0.15, 0.2) is 0 Å². The molecule has 0 atom stereocenters. The van der Waals surface area contributed by atoms with Crippen LogP contribution < -0.4 is 10.2 Å². The van der Waals surface area contributed by atoms with Crippen LogP contribution in [0.25, 0.3) is 0 Å². The molecule has 3 rings (SSSR count). The van der Waals surface area contributed by atoms with Gasteiger partial charge in [-0.05, 0) is 49.1 Å². The quantitative estimate of drug-likeness (QED) is 0.905. The summed E-state index contributed by atoms with van der Waals surface area (Å²) in [7, 11) is 0. The third-order valence-corrected chi connectivity index (χ3v) is 4.67. The number of hydrogen-bond donors (Lipinski definition) is 2. The van der Waals surface area contributed by atoms with Crippen LogP contribution in [0.4, 0.5) is 11.4 Å². The molecule has 0 aliphatic carbocycles. The van der Waals surface area contributed by atoms with E-state index in [0.717, 1.165) is 43.9 Å². The highest BCUT2D eigenvalue weighted by Crippen LogP contribution is 2.27. The molecule has 0 saturated carbocycles. The number of benzene rings is 2. The second-order valence-electron chi connectivity index (χ2n) is 6.34. The zero-order chi connectivity index (χ0) is 16.9. The van der Waals surface area contributed by atoms with Crippen molar-refractivity contribution in [1.82, 2.24) is 0 Å². The minimum absolute atomic E-state index is 0.207. The number of piperidine rings is 1. The monoisotopic (exact) mass is 321 g/mol. The van der Waals surface area contributed by atoms with Crippen molar-refractivity contribution >= 4 is 11.4 Å². The van der Waals surface area contributed by atoms with Crippen molar-refractivity contribution in [2.45, 2.75) is 32.4 Å². The van der Waals surface area contributed by atoms with E-state index >= 15 is 0 Å². The maximum Gasteiger partial charge on any atom is 0.101 e. The molecule has 1 aliphatic rings. The van der Waals surface area contributed by atoms with Crippen LogP contribution >= 0.6 is 0 Å². The normalized spacial score (nSPS) is 15.1. The number of nitrogens with one attached hydrogen (secondary N) is 1. The Morgan fingerprint density at radius 2 is 1.96 bits per heavy atom. The molecule has 0 spiro atoms. The zero-order valence-electron chi connectivity index (χ0n) is 14.0. The number of hydrogen-bond acceptors (Lipinski definition) is 4. The summed E-state index contributed by atoms with van der Waals surface area (Å²) in [5, 5.41) is 22.5. The molecule has 4 heteroatoms. The molecule has 24 heavy (non-hydrogen) atoms. The number of nitrogens with zero attached hydrogens (tertiary/aromatic N) is 2. The van der Waals surface area contributed by atoms with Gasteiger partial charge in [0, 0.05) is 25.3 Å². The average molecular weight is 321 g/mol. The number of aryl methyl sites for hydroxylation is 1. The Bertz CT molecular complexity index is 743. The van der Waals surface area contributed by atoms with Crippen LogP contribution in [0.3, 0.4) is 0 Å². The minimum atomic E-state index is -0.207. The van der Waals surface area contributed by atoms with Crippen molar-refractivity contribution in [1.29, 1.82) is 5.26 Å². The SMILES string of the molecule is Cc1ccccc1CNc1ccc(N2CCC(O)CC2)c(C#N)c1. The molecule has 4 nitrogen and oxygen atoms in total. The summed E-state index contributed by atoms with van der Waals surface area (Å²) in [6.45, 7) is 4.44. The molecular weight excluding hydrogens is 298 g/mol. The van der Waals surface area contributed by atoms with Gasteiger partial charge < -0.3 is 15.3 Å². The molecule has 1 aliphatic heterocycles. The van der Waals surface area contributed by atoms with Crippen molar-refractivity contribution < 1.29 is 5.11 Å². The number of nitriles is 1. The van der Waals surface area contributed by atoms with Gasteiger partial charge in [-0.15, -0.1) is 0 Å². The van der Waals surface area contributed by atoms with Gasteiger partial charge in [-0.1, -0.05) is 24.3 Å². The Hall–Kier alpha value is -2.51. The summed E-state index contributed by atoms with van der Waals surface area (Å²) < 4.78 is 0. The van der Waals surface area contributed by atoms with E-state index in [4.69, 9.17) is 0 Å². The molecule has 0 amide bonds. The molecule has 1 heterocycles. The predicted octanol–water partition coefficient (Wildman–Crippen LogP) is 3.44. The molecule has 124 valence electrons. The van der Waals surface area contributed by atoms with E-state index in [1.165, 1.54) is 11.1 Å². The lowest BCUT2D eigenvalue weighted by Crippen LogP contribution is -2.36. The first-order valence-corrected chi connectivity index (χ1v) is 8.43. The minimum Gasteiger partial charge on any atom is -0.393 e. The van der Waals surface area contributed by atoms with Gasteiger partial charge in [0.25, 0.3) is 0 Å². The highest BCUT2D eigenvalue weighted by molar-refractivity contribution is 5.65. The van der Waals surface area contributed by atoms with Crippen LogP contribution in [0.15, 0.2) is 42.5 Å². The molecule has 2 aromatic carbocycles. The Morgan fingerprint density at radius 1 is 1.21 bits per heavy atom. The highest BCUT2D eigenvalue weighted by atomic mass is 16.3. The number of anilines is 2. The van der Waals surface area contributed by atoms with Crippen molar-refractivity contribution in [3.05, 3.63) is 59.2 Å². The first-order chi connectivity index (χ1) is 11.7. The van der Waals surface area contributed by atoms with Crippen molar-refractivity contribution in [3.63, 3.8) is 0 Å². The van der Waals surface area contributed by atoms with E-state index in [0.29, 0.717) is 5.56 Å². The van der Waals surface area contributed by atoms with Gasteiger partial charge >= 0.3 is 0 Å². The molecular formula is C20H23N3O. The zero-order valence-corrected chi connectivity index (χ0v) is 14.0. The van der Waals surface area contributed by atoms with Gasteiger partial charge in [-0.3, -0.25) is 0 Å². The first kappa shape index (κ1) is 16.4. The predicted molar refractivity (Wildman–Crippen MR) is 97.1 cm³/mol. The van der Waals surface area contributed by atoms with E-state index in [2.05, 4.69) is 35.3 Å². The first-order valence-electron chi connectivity index (χ1n) is 8.43. The largest absolute Gasteiger partial charge is 0.393 e. The Kier molecular flexibility index (Phi) is 5.02. The van der Waals surface area contributed by atoms with E-state index in [1.807, 2.05) is 30.3 Å². The van der Waals surface area contributed by atoms with Gasteiger partial charge in [0.2, 0.25) is 0 Å². The summed E-state index contributed by atoms with van der Waals surface area (Å²) in [5.74, 6) is 0. The molecule has 0 unspecified atom stereocenters. The highest BCUT2D eigenvalue weighted by Gasteiger charge is 2.19. The summed E-state index contributed by atoms with van der Waals surface area (Å²) in [5.41, 5.74) is 5.11. The van der Waals surface area contributed by atoms with Crippen molar-refractivity contribution in [2.75, 3.05) is 23.3 Å². The standard InChI is InChI=1S/C20H23N3O/c1-15-4-2-3-5-16(15)14-22-18-6-7-20(17(12-18)13-21)23-10-8-19(24)9-11-23/h2-7,12,19,22,24H,8-11,14H2,1H3. The maximum atomic E-state index is 9.64. The van der Waals surface area contributed by atoms with Gasteiger partial charge in [-0.25, -0.2) is 0 Å². The Labute approximate surface area is 143 Å². The molecule has 1 fully saturated rings. The van der Waals surface area contributed by atoms with Crippen LogP contribution in [0.2, 0.25) is 0 Å². The van der Waals surface area contributed by atoms with Gasteiger partial charge in [0.05, 0.1) is 17.4 Å². The van der Waals surface area contributed by atoms with E-state index in [1.54, 1.807) is 0 Å². The second-order valence-corrected chi connectivity index (χ2v) is 6.34. The second kappa shape index (κ2) is 7.37. The fraction of sp³-hybridized carbons (Fsp3) is 0.350. The van der Waals surface area contributed by atoms with E-state index in [-0.39, 0.29) is 6.10 Å². The topological polar surface area (TPSA) is 59.3 Å². The van der Waals surface area contributed by atoms with Crippen molar-refractivity contribution in [3.8, 4) is 6.07 Å². The average Bonchev–Trinajstić information content (AvgIpc) is 2.61. The molecule has 2 N–H and O–H groups in total. The Morgan fingerprint density at radius 3 is 2.67 bits per heavy atom. The Balaban J connectivity index is 1.72. The molecule has 0 radical (unpaired) electrons. The van der Waals surface area contributed by atoms with Crippen molar-refractivity contribution in [2.24, 2.45) is 0 Å². The van der Waals surface area contributed by atoms with Crippen LogP contribution in [0, 0.1) is 18.3 Å². The van der Waals surface area contributed by atoms with Gasteiger partial charge in [-0.2, -0.15) is 5.26 Å². The van der Waals surface area contributed by atoms with E-state index < -0.39 is 0 Å². The molecule has 2 aromatic rings. The summed E-state index contributed by atoms with van der Waals surface area (Å²) in [6, 6.07) is 16.6. The van der Waals surface area contributed by atoms with Gasteiger partial charge in [0.1, 0.15) is 6.07 Å². The lowest BCUT2D eigenvalue weighted by atomic mass is 10.0. The fourth-order valence-electron chi connectivity index (χ4n) is 3.12. The van der Waals surface area contributed by atoms with Crippen LogP contribution in [-0.4, -0.2) is 24.3 Å². The molecule has 0 aromatic heterocycles. The number of rotatable bonds is 4. The summed E-state index contributed by atoms with van der Waals surface area (Å²) in [4.78, 5) is 2.19. The third-order valence-electron chi connectivity index (χ3n) is 4.67. The lowest BCUT2D eigenvalue weighted by molar-refractivity contribution is 0.145. The van der Waals surface area contributed by atoms with Crippen LogP contribution in [-0.2, 0) is 6.54 Å². The summed E-state index contributed by atoms with van der Waals surface area (Å²) >= 11 is 0. The lowest BCUT2D eigenvalue weighted by Gasteiger charge is -2.32. The molecule has 0 bridgehead atoms.